The van der Waals surface area contributed by atoms with E-state index in [0.717, 1.165) is 24.1 Å². The Hall–Kier alpha value is -3.46. The number of nitrogens with one attached hydrogen (secondary N) is 1. The average Bonchev–Trinajstić information content (AvgIpc) is 2.85. The molecular weight excluding hydrogens is 469 g/mol. The fourth-order valence-electron chi connectivity index (χ4n) is 4.30. The highest BCUT2D eigenvalue weighted by molar-refractivity contribution is 5.76. The monoisotopic (exact) mass is 498 g/mol. The molecule has 2 aromatic carbocycles. The zero-order chi connectivity index (χ0) is 25.9. The van der Waals surface area contributed by atoms with Crippen LogP contribution in [0.3, 0.4) is 0 Å². The first kappa shape index (κ1) is 25.6. The molecule has 4 rings (SSSR count). The minimum Gasteiger partial charge on any atom is -0.352 e. The maximum atomic E-state index is 13.5. The van der Waals surface area contributed by atoms with Crippen LogP contribution in [0.5, 0.6) is 0 Å². The van der Waals surface area contributed by atoms with Crippen molar-refractivity contribution in [1.29, 1.82) is 0 Å². The molecule has 6 nitrogen and oxygen atoms in total. The van der Waals surface area contributed by atoms with Gasteiger partial charge < -0.3 is 5.32 Å². The van der Waals surface area contributed by atoms with Crippen molar-refractivity contribution in [3.63, 3.8) is 0 Å². The standard InChI is InChI=1S/C27H29F3N4O2/c1-3-18(2)31-24(35)17-34-25(20-9-11-21(12-10-20)27(28,29)30)32-23-16-33(14-13-22(23)26(34)36)15-19-7-5-4-6-8-19/h4-12,18H,3,13-17H2,1-2H3,(H,31,35)/t18-/m0/s1. The molecule has 1 atom stereocenters. The Morgan fingerprint density at radius 3 is 2.44 bits per heavy atom. The number of alkyl halides is 3. The van der Waals surface area contributed by atoms with E-state index in [1.807, 2.05) is 44.2 Å². The SMILES string of the molecule is CC[C@H](C)NC(=O)Cn1c(-c2ccc(C(F)(F)F)cc2)nc2c(c1=O)CCN(Cc1ccccc1)C2. The van der Waals surface area contributed by atoms with Crippen LogP contribution in [0, 0.1) is 0 Å². The van der Waals surface area contributed by atoms with Crippen molar-refractivity contribution in [1.82, 2.24) is 19.8 Å². The second-order valence-electron chi connectivity index (χ2n) is 9.15. The topological polar surface area (TPSA) is 67.2 Å². The summed E-state index contributed by atoms with van der Waals surface area (Å²) < 4.78 is 40.6. The van der Waals surface area contributed by atoms with Gasteiger partial charge in [0.15, 0.2) is 0 Å². The summed E-state index contributed by atoms with van der Waals surface area (Å²) in [5.74, 6) is -0.156. The first-order chi connectivity index (χ1) is 17.2. The third-order valence-electron chi connectivity index (χ3n) is 6.44. The Labute approximate surface area is 207 Å². The summed E-state index contributed by atoms with van der Waals surface area (Å²) in [6.07, 6.45) is -3.27. The van der Waals surface area contributed by atoms with Crippen LogP contribution in [0.4, 0.5) is 13.2 Å². The fraction of sp³-hybridized carbons (Fsp3) is 0.370. The molecule has 1 amide bonds. The van der Waals surface area contributed by atoms with E-state index in [-0.39, 0.29) is 29.9 Å². The molecule has 3 aromatic rings. The molecule has 0 aliphatic carbocycles. The molecule has 190 valence electrons. The van der Waals surface area contributed by atoms with Gasteiger partial charge in [0.1, 0.15) is 12.4 Å². The molecule has 0 fully saturated rings. The largest absolute Gasteiger partial charge is 0.416 e. The number of aromatic nitrogens is 2. The number of benzene rings is 2. The van der Waals surface area contributed by atoms with E-state index in [4.69, 9.17) is 4.98 Å². The van der Waals surface area contributed by atoms with Gasteiger partial charge in [-0.1, -0.05) is 49.4 Å². The minimum atomic E-state index is -4.48. The zero-order valence-corrected chi connectivity index (χ0v) is 20.3. The molecular formula is C27H29F3N4O2. The molecule has 1 N–H and O–H groups in total. The lowest BCUT2D eigenvalue weighted by Gasteiger charge is -2.29. The van der Waals surface area contributed by atoms with Crippen LogP contribution in [0.15, 0.2) is 59.4 Å². The van der Waals surface area contributed by atoms with Crippen LogP contribution in [0.1, 0.15) is 42.7 Å². The zero-order valence-electron chi connectivity index (χ0n) is 20.3. The highest BCUT2D eigenvalue weighted by Crippen LogP contribution is 2.31. The molecule has 0 spiro atoms. The van der Waals surface area contributed by atoms with Crippen LogP contribution in [0.2, 0.25) is 0 Å². The van der Waals surface area contributed by atoms with Gasteiger partial charge in [-0.05, 0) is 37.5 Å². The van der Waals surface area contributed by atoms with Crippen molar-refractivity contribution in [3.8, 4) is 11.4 Å². The van der Waals surface area contributed by atoms with Crippen molar-refractivity contribution in [2.45, 2.75) is 58.5 Å². The maximum absolute atomic E-state index is 13.5. The van der Waals surface area contributed by atoms with E-state index in [9.17, 15) is 22.8 Å². The molecule has 1 aliphatic heterocycles. The van der Waals surface area contributed by atoms with E-state index in [1.54, 1.807) is 0 Å². The van der Waals surface area contributed by atoms with Crippen molar-refractivity contribution in [2.75, 3.05) is 6.54 Å². The molecule has 0 saturated carbocycles. The van der Waals surface area contributed by atoms with Gasteiger partial charge in [-0.25, -0.2) is 4.98 Å². The van der Waals surface area contributed by atoms with Crippen LogP contribution in [-0.4, -0.2) is 32.9 Å². The van der Waals surface area contributed by atoms with Crippen LogP contribution in [0.25, 0.3) is 11.4 Å². The molecule has 1 aliphatic rings. The quantitative estimate of drug-likeness (QED) is 0.524. The molecule has 1 aromatic heterocycles. The summed E-state index contributed by atoms with van der Waals surface area (Å²) >= 11 is 0. The molecule has 2 heterocycles. The number of carbonyl (C=O) groups is 1. The van der Waals surface area contributed by atoms with E-state index >= 15 is 0 Å². The maximum Gasteiger partial charge on any atom is 0.416 e. The van der Waals surface area contributed by atoms with Gasteiger partial charge in [0.05, 0.1) is 11.3 Å². The van der Waals surface area contributed by atoms with Gasteiger partial charge in [-0.15, -0.1) is 0 Å². The predicted octanol–water partition coefficient (Wildman–Crippen LogP) is 4.40. The molecule has 0 radical (unpaired) electrons. The summed E-state index contributed by atoms with van der Waals surface area (Å²) in [4.78, 5) is 33.1. The van der Waals surface area contributed by atoms with Gasteiger partial charge in [-0.2, -0.15) is 13.2 Å². The van der Waals surface area contributed by atoms with Crippen molar-refractivity contribution >= 4 is 5.91 Å². The van der Waals surface area contributed by atoms with Crippen LogP contribution < -0.4 is 10.9 Å². The highest BCUT2D eigenvalue weighted by atomic mass is 19.4. The van der Waals surface area contributed by atoms with Gasteiger partial charge in [0.2, 0.25) is 5.91 Å². The number of fused-ring (bicyclic) bond motifs is 1. The van der Waals surface area contributed by atoms with Crippen molar-refractivity contribution in [3.05, 3.63) is 87.3 Å². The molecule has 0 unspecified atom stereocenters. The second kappa shape index (κ2) is 10.7. The minimum absolute atomic E-state index is 0.0696. The van der Waals surface area contributed by atoms with E-state index in [1.165, 1.54) is 16.7 Å². The number of nitrogens with zero attached hydrogens (tertiary/aromatic N) is 3. The second-order valence-corrected chi connectivity index (χ2v) is 9.15. The van der Waals surface area contributed by atoms with Crippen molar-refractivity contribution < 1.29 is 18.0 Å². The Bertz CT molecular complexity index is 1270. The van der Waals surface area contributed by atoms with Crippen molar-refractivity contribution in [2.24, 2.45) is 0 Å². The molecule has 9 heteroatoms. The summed E-state index contributed by atoms with van der Waals surface area (Å²) in [6, 6.07) is 14.4. The number of rotatable bonds is 7. The average molecular weight is 499 g/mol. The lowest BCUT2D eigenvalue weighted by Crippen LogP contribution is -2.41. The number of hydrogen-bond donors (Lipinski definition) is 1. The lowest BCUT2D eigenvalue weighted by atomic mass is 10.0. The smallest absolute Gasteiger partial charge is 0.352 e. The van der Waals surface area contributed by atoms with E-state index in [0.29, 0.717) is 42.9 Å². The van der Waals surface area contributed by atoms with Gasteiger partial charge in [-0.3, -0.25) is 19.1 Å². The predicted molar refractivity (Wildman–Crippen MR) is 131 cm³/mol. The van der Waals surface area contributed by atoms with Gasteiger partial charge >= 0.3 is 6.18 Å². The normalized spacial score (nSPS) is 14.8. The first-order valence-corrected chi connectivity index (χ1v) is 12.0. The first-order valence-electron chi connectivity index (χ1n) is 12.0. The van der Waals surface area contributed by atoms with Gasteiger partial charge in [0.25, 0.3) is 5.56 Å². The number of hydrogen-bond acceptors (Lipinski definition) is 4. The summed E-state index contributed by atoms with van der Waals surface area (Å²) in [6.45, 7) is 5.34. The molecule has 36 heavy (non-hydrogen) atoms. The number of carbonyl (C=O) groups excluding carboxylic acids is 1. The van der Waals surface area contributed by atoms with E-state index < -0.39 is 11.7 Å². The van der Waals surface area contributed by atoms with Gasteiger partial charge in [0, 0.05) is 36.8 Å². The number of amides is 1. The lowest BCUT2D eigenvalue weighted by molar-refractivity contribution is -0.137. The third-order valence-corrected chi connectivity index (χ3v) is 6.44. The summed E-state index contributed by atoms with van der Waals surface area (Å²) in [5, 5.41) is 2.84. The summed E-state index contributed by atoms with van der Waals surface area (Å²) in [7, 11) is 0. The molecule has 0 bridgehead atoms. The Kier molecular flexibility index (Phi) is 7.59. The fourth-order valence-corrected chi connectivity index (χ4v) is 4.30. The summed E-state index contributed by atoms with van der Waals surface area (Å²) in [5.41, 5.74) is 1.51. The third kappa shape index (κ3) is 5.84. The van der Waals surface area contributed by atoms with Crippen LogP contribution in [-0.2, 0) is 37.0 Å². The Balaban J connectivity index is 1.71. The molecule has 0 saturated heterocycles. The number of halogens is 3. The van der Waals surface area contributed by atoms with E-state index in [2.05, 4.69) is 10.2 Å². The Morgan fingerprint density at radius 1 is 1.11 bits per heavy atom. The highest BCUT2D eigenvalue weighted by Gasteiger charge is 2.30. The van der Waals surface area contributed by atoms with Crippen LogP contribution >= 0.6 is 0 Å². The Morgan fingerprint density at radius 2 is 1.81 bits per heavy atom.